The third-order valence-corrected chi connectivity index (χ3v) is 6.12. The van der Waals surface area contributed by atoms with E-state index < -0.39 is 0 Å². The maximum Gasteiger partial charge on any atom is -0.00204 e. The standard InChI is InChI=1S/C29H36/c1-4-5-6-7-8-17-28-21-25(20-26-15-11-9-13-23(26)2)18-19-29(28)22-27-16-12-10-14-24(27)3/h9-16,18-19,21H,4-8,17,20,22H2,1-3H3. The number of benzene rings is 3. The predicted octanol–water partition coefficient (Wildman–Crippen LogP) is 8.00. The number of aryl methyl sites for hydroxylation is 3. The van der Waals surface area contributed by atoms with Gasteiger partial charge in [-0.05, 0) is 78.5 Å². The molecule has 3 rings (SSSR count). The van der Waals surface area contributed by atoms with Gasteiger partial charge in [-0.15, -0.1) is 0 Å². The molecule has 29 heavy (non-hydrogen) atoms. The number of rotatable bonds is 10. The molecule has 0 saturated carbocycles. The Hall–Kier alpha value is -2.34. The van der Waals surface area contributed by atoms with Crippen LogP contribution in [-0.2, 0) is 19.3 Å². The van der Waals surface area contributed by atoms with E-state index in [-0.39, 0.29) is 0 Å². The molecule has 0 atom stereocenters. The highest BCUT2D eigenvalue weighted by Gasteiger charge is 2.08. The first kappa shape index (κ1) is 21.4. The Morgan fingerprint density at radius 1 is 0.552 bits per heavy atom. The number of hydrogen-bond acceptors (Lipinski definition) is 0. The summed E-state index contributed by atoms with van der Waals surface area (Å²) >= 11 is 0. The van der Waals surface area contributed by atoms with Crippen LogP contribution in [0.2, 0.25) is 0 Å². The highest BCUT2D eigenvalue weighted by Crippen LogP contribution is 2.23. The molecule has 0 fully saturated rings. The number of hydrogen-bond donors (Lipinski definition) is 0. The Labute approximate surface area is 178 Å². The molecule has 0 radical (unpaired) electrons. The Morgan fingerprint density at radius 2 is 1.17 bits per heavy atom. The molecule has 3 aromatic rings. The van der Waals surface area contributed by atoms with E-state index in [1.807, 2.05) is 0 Å². The normalized spacial score (nSPS) is 11.0. The zero-order chi connectivity index (χ0) is 20.5. The number of unbranched alkanes of at least 4 members (excludes halogenated alkanes) is 4. The second-order valence-corrected chi connectivity index (χ2v) is 8.47. The van der Waals surface area contributed by atoms with Gasteiger partial charge in [-0.1, -0.05) is 99.3 Å². The molecule has 3 aromatic carbocycles. The molecular weight excluding hydrogens is 348 g/mol. The van der Waals surface area contributed by atoms with Crippen molar-refractivity contribution in [2.75, 3.05) is 0 Å². The first-order valence-corrected chi connectivity index (χ1v) is 11.4. The van der Waals surface area contributed by atoms with Gasteiger partial charge in [-0.3, -0.25) is 0 Å². The lowest BCUT2D eigenvalue weighted by atomic mass is 9.91. The Kier molecular flexibility index (Phi) is 8.11. The monoisotopic (exact) mass is 384 g/mol. The third kappa shape index (κ3) is 6.32. The molecule has 0 nitrogen and oxygen atoms in total. The molecule has 0 aliphatic heterocycles. The molecular formula is C29H36. The van der Waals surface area contributed by atoms with Gasteiger partial charge in [0.15, 0.2) is 0 Å². The van der Waals surface area contributed by atoms with Gasteiger partial charge in [0.05, 0.1) is 0 Å². The maximum atomic E-state index is 2.49. The van der Waals surface area contributed by atoms with Gasteiger partial charge in [0.25, 0.3) is 0 Å². The summed E-state index contributed by atoms with van der Waals surface area (Å²) in [5.41, 5.74) is 10.2. The van der Waals surface area contributed by atoms with E-state index in [9.17, 15) is 0 Å². The molecule has 0 heterocycles. The van der Waals surface area contributed by atoms with Crippen molar-refractivity contribution >= 4 is 0 Å². The smallest absolute Gasteiger partial charge is 0.00204 e. The molecule has 0 aliphatic carbocycles. The third-order valence-electron chi connectivity index (χ3n) is 6.12. The minimum absolute atomic E-state index is 1.03. The largest absolute Gasteiger partial charge is 0.0654 e. The average molecular weight is 385 g/mol. The Bertz CT molecular complexity index is 903. The fourth-order valence-corrected chi connectivity index (χ4v) is 4.16. The van der Waals surface area contributed by atoms with Crippen LogP contribution in [-0.4, -0.2) is 0 Å². The zero-order valence-corrected chi connectivity index (χ0v) is 18.5. The first-order valence-electron chi connectivity index (χ1n) is 11.4. The van der Waals surface area contributed by atoms with Gasteiger partial charge in [0.2, 0.25) is 0 Å². The van der Waals surface area contributed by atoms with Crippen molar-refractivity contribution in [1.29, 1.82) is 0 Å². The Morgan fingerprint density at radius 3 is 1.83 bits per heavy atom. The fourth-order valence-electron chi connectivity index (χ4n) is 4.16. The second-order valence-electron chi connectivity index (χ2n) is 8.47. The van der Waals surface area contributed by atoms with E-state index in [1.165, 1.54) is 71.9 Å². The summed E-state index contributed by atoms with van der Waals surface area (Å²) < 4.78 is 0. The lowest BCUT2D eigenvalue weighted by molar-refractivity contribution is 0.631. The van der Waals surface area contributed by atoms with Gasteiger partial charge < -0.3 is 0 Å². The van der Waals surface area contributed by atoms with Crippen LogP contribution < -0.4 is 0 Å². The van der Waals surface area contributed by atoms with Crippen molar-refractivity contribution in [2.45, 2.75) is 72.1 Å². The summed E-state index contributed by atoms with van der Waals surface area (Å²) in [4.78, 5) is 0. The summed E-state index contributed by atoms with van der Waals surface area (Å²) in [7, 11) is 0. The summed E-state index contributed by atoms with van der Waals surface area (Å²) in [6, 6.07) is 24.8. The van der Waals surface area contributed by atoms with Crippen LogP contribution in [0, 0.1) is 13.8 Å². The molecule has 0 aromatic heterocycles. The maximum absolute atomic E-state index is 2.49. The topological polar surface area (TPSA) is 0 Å². The highest BCUT2D eigenvalue weighted by atomic mass is 14.1. The van der Waals surface area contributed by atoms with Gasteiger partial charge in [-0.25, -0.2) is 0 Å². The minimum Gasteiger partial charge on any atom is -0.0654 e. The van der Waals surface area contributed by atoms with Crippen LogP contribution in [0.1, 0.15) is 78.0 Å². The van der Waals surface area contributed by atoms with E-state index >= 15 is 0 Å². The van der Waals surface area contributed by atoms with Crippen LogP contribution >= 0.6 is 0 Å². The SMILES string of the molecule is CCCCCCCc1cc(Cc2ccccc2C)ccc1Cc1ccccc1C. The molecule has 0 saturated heterocycles. The van der Waals surface area contributed by atoms with E-state index in [2.05, 4.69) is 87.5 Å². The van der Waals surface area contributed by atoms with E-state index in [0.717, 1.165) is 12.8 Å². The zero-order valence-electron chi connectivity index (χ0n) is 18.5. The van der Waals surface area contributed by atoms with Gasteiger partial charge in [0.1, 0.15) is 0 Å². The van der Waals surface area contributed by atoms with Crippen molar-refractivity contribution in [3.8, 4) is 0 Å². The molecule has 0 spiro atoms. The van der Waals surface area contributed by atoms with E-state index in [1.54, 1.807) is 5.56 Å². The van der Waals surface area contributed by atoms with Crippen molar-refractivity contribution in [3.05, 3.63) is 106 Å². The molecule has 0 amide bonds. The van der Waals surface area contributed by atoms with Gasteiger partial charge in [-0.2, -0.15) is 0 Å². The second kappa shape index (κ2) is 11.0. The molecule has 0 bridgehead atoms. The van der Waals surface area contributed by atoms with Crippen LogP contribution in [0.5, 0.6) is 0 Å². The average Bonchev–Trinajstić information content (AvgIpc) is 2.73. The summed E-state index contributed by atoms with van der Waals surface area (Å²) in [6.45, 7) is 6.73. The van der Waals surface area contributed by atoms with Crippen LogP contribution in [0.4, 0.5) is 0 Å². The van der Waals surface area contributed by atoms with Crippen molar-refractivity contribution in [1.82, 2.24) is 0 Å². The molecule has 152 valence electrons. The summed E-state index contributed by atoms with van der Waals surface area (Å²) in [5, 5.41) is 0. The Balaban J connectivity index is 1.80. The molecule has 0 N–H and O–H groups in total. The van der Waals surface area contributed by atoms with Crippen LogP contribution in [0.3, 0.4) is 0 Å². The first-order chi connectivity index (χ1) is 14.2. The van der Waals surface area contributed by atoms with Gasteiger partial charge >= 0.3 is 0 Å². The van der Waals surface area contributed by atoms with Crippen LogP contribution in [0.25, 0.3) is 0 Å². The molecule has 0 aliphatic rings. The quantitative estimate of drug-likeness (QED) is 0.311. The van der Waals surface area contributed by atoms with Crippen LogP contribution in [0.15, 0.2) is 66.7 Å². The lowest BCUT2D eigenvalue weighted by Gasteiger charge is -2.14. The lowest BCUT2D eigenvalue weighted by Crippen LogP contribution is -2.01. The summed E-state index contributed by atoms with van der Waals surface area (Å²) in [5.74, 6) is 0. The van der Waals surface area contributed by atoms with Crippen molar-refractivity contribution < 1.29 is 0 Å². The predicted molar refractivity (Wildman–Crippen MR) is 127 cm³/mol. The molecule has 0 unspecified atom stereocenters. The summed E-state index contributed by atoms with van der Waals surface area (Å²) in [6.07, 6.45) is 9.96. The molecule has 0 heteroatoms. The van der Waals surface area contributed by atoms with E-state index in [0.29, 0.717) is 0 Å². The fraction of sp³-hybridized carbons (Fsp3) is 0.379. The van der Waals surface area contributed by atoms with Gasteiger partial charge in [0, 0.05) is 0 Å². The van der Waals surface area contributed by atoms with Crippen molar-refractivity contribution in [2.24, 2.45) is 0 Å². The highest BCUT2D eigenvalue weighted by molar-refractivity contribution is 5.40. The van der Waals surface area contributed by atoms with E-state index in [4.69, 9.17) is 0 Å². The van der Waals surface area contributed by atoms with Crippen molar-refractivity contribution in [3.63, 3.8) is 0 Å². The minimum atomic E-state index is 1.03.